The first kappa shape index (κ1) is 14.5. The zero-order valence-electron chi connectivity index (χ0n) is 12.5. The number of piperazine rings is 1. The molecule has 0 bridgehead atoms. The van der Waals surface area contributed by atoms with Crippen molar-refractivity contribution in [2.75, 3.05) is 32.8 Å². The molecule has 3 nitrogen and oxygen atoms in total. The molecule has 1 aliphatic rings. The number of aliphatic hydroxyl groups excluding tert-OH is 1. The van der Waals surface area contributed by atoms with Gasteiger partial charge in [-0.1, -0.05) is 42.5 Å². The van der Waals surface area contributed by atoms with Crippen LogP contribution in [0.5, 0.6) is 0 Å². The number of hydrogen-bond acceptors (Lipinski definition) is 3. The lowest BCUT2D eigenvalue weighted by Gasteiger charge is -2.33. The fourth-order valence-corrected chi connectivity index (χ4v) is 3.18. The molecule has 0 aliphatic carbocycles. The van der Waals surface area contributed by atoms with E-state index in [-0.39, 0.29) is 0 Å². The number of nitrogens with one attached hydrogen (secondary N) is 1. The Morgan fingerprint density at radius 1 is 1.14 bits per heavy atom. The maximum Gasteiger partial charge on any atom is 0.0443 e. The van der Waals surface area contributed by atoms with E-state index in [4.69, 9.17) is 5.11 Å². The summed E-state index contributed by atoms with van der Waals surface area (Å²) in [4.78, 5) is 2.46. The van der Waals surface area contributed by atoms with E-state index in [1.54, 1.807) is 0 Å². The molecule has 0 radical (unpaired) electrons. The highest BCUT2D eigenvalue weighted by molar-refractivity contribution is 5.82. The molecule has 2 aromatic rings. The van der Waals surface area contributed by atoms with Gasteiger partial charge in [0.1, 0.15) is 0 Å². The van der Waals surface area contributed by atoms with Gasteiger partial charge >= 0.3 is 0 Å². The molecule has 1 fully saturated rings. The molecule has 1 heterocycles. The fourth-order valence-electron chi connectivity index (χ4n) is 3.18. The van der Waals surface area contributed by atoms with Gasteiger partial charge in [0.15, 0.2) is 0 Å². The zero-order valence-corrected chi connectivity index (χ0v) is 12.5. The maximum atomic E-state index is 8.96. The number of benzene rings is 2. The molecule has 112 valence electrons. The van der Waals surface area contributed by atoms with Crippen LogP contribution in [0.15, 0.2) is 42.5 Å². The van der Waals surface area contributed by atoms with Crippen molar-refractivity contribution in [2.24, 2.45) is 0 Å². The van der Waals surface area contributed by atoms with Crippen molar-refractivity contribution >= 4 is 10.8 Å². The second-order valence-electron chi connectivity index (χ2n) is 5.91. The van der Waals surface area contributed by atoms with Gasteiger partial charge in [0, 0.05) is 38.8 Å². The van der Waals surface area contributed by atoms with Crippen molar-refractivity contribution < 1.29 is 5.11 Å². The Hall–Kier alpha value is -1.42. The first-order chi connectivity index (χ1) is 10.3. The molecule has 1 saturated heterocycles. The minimum absolute atomic E-state index is 0.291. The highest BCUT2D eigenvalue weighted by atomic mass is 16.3. The third-order valence-corrected chi connectivity index (χ3v) is 4.27. The van der Waals surface area contributed by atoms with Crippen LogP contribution in [0.2, 0.25) is 0 Å². The highest BCUT2D eigenvalue weighted by Gasteiger charge is 2.19. The molecule has 2 aromatic carbocycles. The Morgan fingerprint density at radius 2 is 2.00 bits per heavy atom. The molecule has 0 aromatic heterocycles. The van der Waals surface area contributed by atoms with Crippen LogP contribution in [0, 0.1) is 0 Å². The molecule has 3 heteroatoms. The molecule has 0 amide bonds. The SMILES string of the molecule is OCCCN1CCNC(Cc2ccc3ccccc3c2)C1. The van der Waals surface area contributed by atoms with Gasteiger partial charge in [0.2, 0.25) is 0 Å². The lowest BCUT2D eigenvalue weighted by Crippen LogP contribution is -2.51. The van der Waals surface area contributed by atoms with Crippen molar-refractivity contribution in [2.45, 2.75) is 18.9 Å². The fraction of sp³-hybridized carbons (Fsp3) is 0.444. The molecule has 1 atom stereocenters. The number of nitrogens with zero attached hydrogens (tertiary/aromatic N) is 1. The molecular weight excluding hydrogens is 260 g/mol. The number of hydrogen-bond donors (Lipinski definition) is 2. The predicted molar refractivity (Wildman–Crippen MR) is 87.6 cm³/mol. The molecule has 0 spiro atoms. The second-order valence-corrected chi connectivity index (χ2v) is 5.91. The van der Waals surface area contributed by atoms with Crippen LogP contribution in [-0.2, 0) is 6.42 Å². The van der Waals surface area contributed by atoms with Crippen molar-refractivity contribution in [1.82, 2.24) is 10.2 Å². The van der Waals surface area contributed by atoms with Gasteiger partial charge in [-0.15, -0.1) is 0 Å². The van der Waals surface area contributed by atoms with E-state index in [2.05, 4.69) is 52.7 Å². The zero-order chi connectivity index (χ0) is 14.5. The summed E-state index contributed by atoms with van der Waals surface area (Å²) in [7, 11) is 0. The Labute approximate surface area is 126 Å². The highest BCUT2D eigenvalue weighted by Crippen LogP contribution is 2.17. The van der Waals surface area contributed by atoms with E-state index in [1.807, 2.05) is 0 Å². The average molecular weight is 284 g/mol. The Kier molecular flexibility index (Phi) is 4.86. The van der Waals surface area contributed by atoms with Crippen LogP contribution in [0.1, 0.15) is 12.0 Å². The summed E-state index contributed by atoms with van der Waals surface area (Å²) in [6.45, 7) is 4.51. The molecule has 1 aliphatic heterocycles. The van der Waals surface area contributed by atoms with Crippen molar-refractivity contribution in [3.8, 4) is 0 Å². The molecule has 3 rings (SSSR count). The topological polar surface area (TPSA) is 35.5 Å². The minimum atomic E-state index is 0.291. The van der Waals surface area contributed by atoms with E-state index in [0.29, 0.717) is 12.6 Å². The normalized spacial score (nSPS) is 20.0. The third-order valence-electron chi connectivity index (χ3n) is 4.27. The summed E-state index contributed by atoms with van der Waals surface area (Å²) in [6.07, 6.45) is 1.95. The van der Waals surface area contributed by atoms with E-state index in [9.17, 15) is 0 Å². The van der Waals surface area contributed by atoms with E-state index in [0.717, 1.165) is 39.0 Å². The van der Waals surface area contributed by atoms with Gasteiger partial charge in [-0.2, -0.15) is 0 Å². The smallest absolute Gasteiger partial charge is 0.0443 e. The van der Waals surface area contributed by atoms with Crippen LogP contribution in [0.3, 0.4) is 0 Å². The van der Waals surface area contributed by atoms with Gasteiger partial charge in [-0.3, -0.25) is 0 Å². The summed E-state index contributed by atoms with van der Waals surface area (Å²) in [5.74, 6) is 0. The van der Waals surface area contributed by atoms with Gasteiger partial charge in [-0.05, 0) is 29.2 Å². The minimum Gasteiger partial charge on any atom is -0.396 e. The predicted octanol–water partition coefficient (Wildman–Crippen LogP) is 2.04. The first-order valence-electron chi connectivity index (χ1n) is 7.89. The summed E-state index contributed by atoms with van der Waals surface area (Å²) >= 11 is 0. The van der Waals surface area contributed by atoms with Crippen LogP contribution < -0.4 is 5.32 Å². The molecular formula is C18H24N2O. The largest absolute Gasteiger partial charge is 0.396 e. The lowest BCUT2D eigenvalue weighted by molar-refractivity contribution is 0.178. The standard InChI is InChI=1S/C18H24N2O/c21-11-3-9-20-10-8-19-18(14-20)13-15-6-7-16-4-1-2-5-17(16)12-15/h1-2,4-7,12,18-19,21H,3,8-11,13-14H2. The summed E-state index contributed by atoms with van der Waals surface area (Å²) in [5.41, 5.74) is 1.40. The quantitative estimate of drug-likeness (QED) is 0.882. The number of aliphatic hydroxyl groups is 1. The summed E-state index contributed by atoms with van der Waals surface area (Å²) in [5, 5.41) is 15.2. The second kappa shape index (κ2) is 7.03. The molecule has 1 unspecified atom stereocenters. The number of rotatable bonds is 5. The maximum absolute atomic E-state index is 8.96. The Bertz CT molecular complexity index is 584. The van der Waals surface area contributed by atoms with Crippen molar-refractivity contribution in [3.63, 3.8) is 0 Å². The third kappa shape index (κ3) is 3.82. The van der Waals surface area contributed by atoms with Gasteiger partial charge in [0.25, 0.3) is 0 Å². The summed E-state index contributed by atoms with van der Waals surface area (Å²) < 4.78 is 0. The van der Waals surface area contributed by atoms with Crippen molar-refractivity contribution in [1.29, 1.82) is 0 Å². The van der Waals surface area contributed by atoms with Crippen LogP contribution >= 0.6 is 0 Å². The molecule has 2 N–H and O–H groups in total. The van der Waals surface area contributed by atoms with Crippen molar-refractivity contribution in [3.05, 3.63) is 48.0 Å². The Balaban J connectivity index is 1.64. The summed E-state index contributed by atoms with van der Waals surface area (Å²) in [6, 6.07) is 15.8. The van der Waals surface area contributed by atoms with Gasteiger partial charge in [0.05, 0.1) is 0 Å². The molecule has 0 saturated carbocycles. The van der Waals surface area contributed by atoms with E-state index in [1.165, 1.54) is 16.3 Å². The van der Waals surface area contributed by atoms with Crippen LogP contribution in [0.4, 0.5) is 0 Å². The first-order valence-corrected chi connectivity index (χ1v) is 7.89. The van der Waals surface area contributed by atoms with E-state index < -0.39 is 0 Å². The van der Waals surface area contributed by atoms with Gasteiger partial charge < -0.3 is 15.3 Å². The van der Waals surface area contributed by atoms with E-state index >= 15 is 0 Å². The lowest BCUT2D eigenvalue weighted by atomic mass is 10.0. The van der Waals surface area contributed by atoms with Crippen LogP contribution in [-0.4, -0.2) is 48.8 Å². The number of fused-ring (bicyclic) bond motifs is 1. The Morgan fingerprint density at radius 3 is 2.86 bits per heavy atom. The monoisotopic (exact) mass is 284 g/mol. The van der Waals surface area contributed by atoms with Gasteiger partial charge in [-0.25, -0.2) is 0 Å². The average Bonchev–Trinajstić information content (AvgIpc) is 2.53. The molecule has 21 heavy (non-hydrogen) atoms. The van der Waals surface area contributed by atoms with Crippen LogP contribution in [0.25, 0.3) is 10.8 Å².